The van der Waals surface area contributed by atoms with Gasteiger partial charge in [-0.05, 0) is 76.6 Å². The molecule has 3 aliphatic heterocycles. The highest BCUT2D eigenvalue weighted by Crippen LogP contribution is 2.44. The fraction of sp³-hybridized carbons (Fsp3) is 0.400. The molecule has 0 radical (unpaired) electrons. The van der Waals surface area contributed by atoms with E-state index in [9.17, 15) is 19.2 Å². The number of hydrogen-bond donors (Lipinski definition) is 4. The molecule has 4 amide bonds. The molecule has 344 valence electrons. The average Bonchev–Trinajstić information content (AvgIpc) is 4.17. The number of carbonyl (C=O) groups is 4. The van der Waals surface area contributed by atoms with Crippen LogP contribution >= 0.6 is 0 Å². The average molecular weight is 897 g/mol. The van der Waals surface area contributed by atoms with Gasteiger partial charge in [0.05, 0.1) is 55.8 Å². The van der Waals surface area contributed by atoms with E-state index in [0.29, 0.717) is 56.4 Å². The summed E-state index contributed by atoms with van der Waals surface area (Å²) in [6, 6.07) is 21.4. The van der Waals surface area contributed by atoms with Crippen molar-refractivity contribution in [3.05, 3.63) is 102 Å². The van der Waals surface area contributed by atoms with E-state index in [1.807, 2.05) is 61.3 Å². The maximum atomic E-state index is 14.4. The lowest BCUT2D eigenvalue weighted by Gasteiger charge is -2.30. The number of amides is 4. The van der Waals surface area contributed by atoms with Crippen LogP contribution in [-0.2, 0) is 30.4 Å². The van der Waals surface area contributed by atoms with Gasteiger partial charge in [0.2, 0.25) is 5.91 Å². The molecule has 0 aliphatic carbocycles. The van der Waals surface area contributed by atoms with Gasteiger partial charge in [0.15, 0.2) is 0 Å². The predicted molar refractivity (Wildman–Crippen MR) is 247 cm³/mol. The summed E-state index contributed by atoms with van der Waals surface area (Å²) in [7, 11) is 4.23. The minimum atomic E-state index is -0.956. The quantitative estimate of drug-likeness (QED) is 0.0936. The third-order valence-corrected chi connectivity index (χ3v) is 13.5. The van der Waals surface area contributed by atoms with Crippen LogP contribution in [0.25, 0.3) is 44.2 Å². The maximum Gasteiger partial charge on any atom is 0.407 e. The van der Waals surface area contributed by atoms with E-state index in [2.05, 4.69) is 63.9 Å². The summed E-state index contributed by atoms with van der Waals surface area (Å²) in [6.45, 7) is 7.91. The molecule has 5 heterocycles. The molecular weight excluding hydrogens is 841 g/mol. The standard InChI is InChI=1S/C50H56N8O8/c1-7-28(3)42(55-49(61)64-5)47(59)57-23-27(2)17-39(57)45-51-22-38(53-45)32-13-15-34-33(19-32)26-66-41-21-35-31(20-36(34)41)14-16-37-44(35)54-46(52-37)40-18-29(25-63-4)24-58(40)48(60)43(56-50(62)65-6)30-11-9-8-10-12-30/h8-16,19-22,27-29,39-40,42-43H,7,17-18,23-26H2,1-6H3,(H,51,53)(H,52,54)(H,55,61)(H,56,62)/t27-,28?,29-,39?,40-,42-,43?/m0/s1. The molecule has 6 aromatic rings. The van der Waals surface area contributed by atoms with Crippen molar-refractivity contribution < 1.29 is 38.1 Å². The maximum absolute atomic E-state index is 14.4. The van der Waals surface area contributed by atoms with Crippen LogP contribution in [0.1, 0.15) is 80.9 Å². The number of ether oxygens (including phenoxy) is 4. The summed E-state index contributed by atoms with van der Waals surface area (Å²) in [5.74, 6) is 1.94. The predicted octanol–water partition coefficient (Wildman–Crippen LogP) is 7.98. The van der Waals surface area contributed by atoms with Crippen LogP contribution in [0, 0.1) is 17.8 Å². The van der Waals surface area contributed by atoms with Crippen LogP contribution in [0.5, 0.6) is 5.75 Å². The summed E-state index contributed by atoms with van der Waals surface area (Å²) in [5, 5.41) is 7.47. The molecule has 66 heavy (non-hydrogen) atoms. The summed E-state index contributed by atoms with van der Waals surface area (Å²) in [4.78, 5) is 73.7. The third kappa shape index (κ3) is 8.41. The second-order valence-electron chi connectivity index (χ2n) is 17.9. The highest BCUT2D eigenvalue weighted by Gasteiger charge is 2.42. The number of nitrogens with one attached hydrogen (secondary N) is 4. The van der Waals surface area contributed by atoms with E-state index in [1.54, 1.807) is 12.0 Å². The minimum Gasteiger partial charge on any atom is -0.488 e. The van der Waals surface area contributed by atoms with Gasteiger partial charge in [-0.15, -0.1) is 0 Å². The number of carbonyl (C=O) groups excluding carboxylic acids is 4. The first-order chi connectivity index (χ1) is 32.0. The molecule has 0 spiro atoms. The summed E-state index contributed by atoms with van der Waals surface area (Å²) < 4.78 is 21.8. The van der Waals surface area contributed by atoms with Crippen molar-refractivity contribution in [3.63, 3.8) is 0 Å². The number of nitrogens with zero attached hydrogens (tertiary/aromatic N) is 4. The second kappa shape index (κ2) is 18.5. The zero-order chi connectivity index (χ0) is 46.2. The van der Waals surface area contributed by atoms with Crippen molar-refractivity contribution in [2.45, 2.75) is 70.8 Å². The summed E-state index contributed by atoms with van der Waals surface area (Å²) in [6.07, 6.45) is 2.58. The van der Waals surface area contributed by atoms with Gasteiger partial charge in [-0.3, -0.25) is 9.59 Å². The minimum absolute atomic E-state index is 0.0579. The lowest BCUT2D eigenvalue weighted by molar-refractivity contribution is -0.136. The zero-order valence-corrected chi connectivity index (χ0v) is 38.1. The molecule has 2 fully saturated rings. The molecule has 16 heteroatoms. The number of hydrogen-bond acceptors (Lipinski definition) is 10. The van der Waals surface area contributed by atoms with Gasteiger partial charge >= 0.3 is 12.2 Å². The number of alkyl carbamates (subject to hydrolysis) is 2. The fourth-order valence-corrected chi connectivity index (χ4v) is 9.94. The normalized spacial score (nSPS) is 20.3. The van der Waals surface area contributed by atoms with E-state index in [4.69, 9.17) is 28.9 Å². The number of fused-ring (bicyclic) bond motifs is 6. The van der Waals surface area contributed by atoms with Crippen LogP contribution in [0.15, 0.2) is 79.0 Å². The van der Waals surface area contributed by atoms with Gasteiger partial charge in [0.25, 0.3) is 5.91 Å². The Hall–Kier alpha value is -6.94. The Bertz CT molecular complexity index is 2790. The largest absolute Gasteiger partial charge is 0.488 e. The molecule has 7 atom stereocenters. The van der Waals surface area contributed by atoms with Crippen LogP contribution in [-0.4, -0.2) is 101 Å². The summed E-state index contributed by atoms with van der Waals surface area (Å²) in [5.41, 5.74) is 7.11. The lowest BCUT2D eigenvalue weighted by Crippen LogP contribution is -2.51. The van der Waals surface area contributed by atoms with Crippen molar-refractivity contribution in [3.8, 4) is 28.1 Å². The van der Waals surface area contributed by atoms with Gasteiger partial charge < -0.3 is 49.3 Å². The van der Waals surface area contributed by atoms with Crippen LogP contribution in [0.4, 0.5) is 9.59 Å². The smallest absolute Gasteiger partial charge is 0.407 e. The topological polar surface area (TPSA) is 193 Å². The number of aromatic nitrogens is 4. The van der Waals surface area contributed by atoms with Crippen LogP contribution in [0.2, 0.25) is 0 Å². The Morgan fingerprint density at radius 1 is 0.848 bits per heavy atom. The Morgan fingerprint density at radius 2 is 1.61 bits per heavy atom. The lowest BCUT2D eigenvalue weighted by atomic mass is 9.92. The van der Waals surface area contributed by atoms with Gasteiger partial charge in [-0.25, -0.2) is 19.6 Å². The molecule has 4 N–H and O–H groups in total. The number of benzene rings is 4. The molecule has 4 aromatic carbocycles. The number of methoxy groups -OCH3 is 3. The molecule has 9 rings (SSSR count). The highest BCUT2D eigenvalue weighted by atomic mass is 16.5. The number of aromatic amines is 2. The molecule has 0 bridgehead atoms. The Morgan fingerprint density at radius 3 is 2.36 bits per heavy atom. The highest BCUT2D eigenvalue weighted by molar-refractivity contribution is 6.07. The van der Waals surface area contributed by atoms with E-state index in [0.717, 1.165) is 61.9 Å². The first kappa shape index (κ1) is 44.3. The van der Waals surface area contributed by atoms with Gasteiger partial charge in [-0.2, -0.15) is 0 Å². The number of likely N-dealkylation sites (tertiary alicyclic amines) is 2. The van der Waals surface area contributed by atoms with Crippen molar-refractivity contribution in [2.24, 2.45) is 17.8 Å². The monoisotopic (exact) mass is 896 g/mol. The van der Waals surface area contributed by atoms with E-state index in [1.165, 1.54) is 14.2 Å². The first-order valence-corrected chi connectivity index (χ1v) is 22.6. The number of rotatable bonds is 12. The number of imidazole rings is 2. The molecule has 2 aromatic heterocycles. The molecule has 16 nitrogen and oxygen atoms in total. The Kier molecular flexibility index (Phi) is 12.4. The van der Waals surface area contributed by atoms with Crippen molar-refractivity contribution >= 4 is 45.8 Å². The van der Waals surface area contributed by atoms with Crippen molar-refractivity contribution in [1.29, 1.82) is 0 Å². The number of H-pyrrole nitrogens is 2. The van der Waals surface area contributed by atoms with Crippen molar-refractivity contribution in [2.75, 3.05) is 41.0 Å². The van der Waals surface area contributed by atoms with E-state index in [-0.39, 0.29) is 35.6 Å². The molecular formula is C50H56N8O8. The van der Waals surface area contributed by atoms with Gasteiger partial charge in [-0.1, -0.05) is 75.7 Å². The van der Waals surface area contributed by atoms with Crippen molar-refractivity contribution in [1.82, 2.24) is 40.4 Å². The fourth-order valence-electron chi connectivity index (χ4n) is 9.94. The van der Waals surface area contributed by atoms with E-state index < -0.39 is 30.3 Å². The van der Waals surface area contributed by atoms with Crippen LogP contribution < -0.4 is 15.4 Å². The van der Waals surface area contributed by atoms with Gasteiger partial charge in [0, 0.05) is 37.1 Å². The SMILES string of the molecule is CCC(C)[C@H](NC(=O)OC)C(=O)N1C[C@@H](C)CC1c1ncc(-c2ccc3c(c2)COc2cc4c(ccc5nc([C@@H]6C[C@H](COC)CN6C(=O)C(NC(=O)OC)c6ccccc6)[nH]c54)cc2-3)[nH]1. The molecule has 0 saturated carbocycles. The summed E-state index contributed by atoms with van der Waals surface area (Å²) >= 11 is 0. The zero-order valence-electron chi connectivity index (χ0n) is 38.1. The molecule has 3 aliphatic rings. The van der Waals surface area contributed by atoms with Gasteiger partial charge in [0.1, 0.15) is 36.1 Å². The Balaban J connectivity index is 0.979. The van der Waals surface area contributed by atoms with Crippen LogP contribution in [0.3, 0.4) is 0 Å². The Labute approximate surface area is 382 Å². The van der Waals surface area contributed by atoms with E-state index >= 15 is 0 Å². The second-order valence-corrected chi connectivity index (χ2v) is 17.9. The first-order valence-electron chi connectivity index (χ1n) is 22.6. The third-order valence-electron chi connectivity index (χ3n) is 13.5. The molecule has 3 unspecified atom stereocenters. The molecule has 2 saturated heterocycles.